The fourth-order valence-corrected chi connectivity index (χ4v) is 4.50. The number of aryl methyl sites for hydroxylation is 1. The number of hydrogen-bond acceptors (Lipinski definition) is 4. The Balaban J connectivity index is 1.41. The van der Waals surface area contributed by atoms with E-state index in [2.05, 4.69) is 5.32 Å². The van der Waals surface area contributed by atoms with Crippen molar-refractivity contribution in [2.45, 2.75) is 12.3 Å². The smallest absolute Gasteiger partial charge is 0.262 e. The zero-order valence-corrected chi connectivity index (χ0v) is 17.4. The van der Waals surface area contributed by atoms with Crippen LogP contribution in [0, 0.1) is 6.92 Å². The predicted octanol–water partition coefficient (Wildman–Crippen LogP) is 4.79. The third-order valence-electron chi connectivity index (χ3n) is 4.74. The van der Waals surface area contributed by atoms with Crippen molar-refractivity contribution in [2.75, 3.05) is 22.6 Å². The van der Waals surface area contributed by atoms with Gasteiger partial charge in [-0.25, -0.2) is 0 Å². The van der Waals surface area contributed by atoms with Crippen molar-refractivity contribution >= 4 is 35.0 Å². The van der Waals surface area contributed by atoms with Crippen LogP contribution in [0.1, 0.15) is 16.5 Å². The first-order chi connectivity index (χ1) is 14.6. The molecule has 152 valence electrons. The summed E-state index contributed by atoms with van der Waals surface area (Å²) in [5.41, 5.74) is 3.74. The molecule has 1 unspecified atom stereocenters. The molecule has 1 atom stereocenters. The number of nitrogens with zero attached hydrogens (tertiary/aromatic N) is 1. The standard InChI is InChI=1S/C24H22N2O3S/c1-17-6-5-7-20(14-17)26-23(28)16-30-24(26)18-10-12-19(13-11-18)25-22(27)15-29-21-8-3-2-4-9-21/h2-14,24H,15-16H2,1H3,(H,25,27). The topological polar surface area (TPSA) is 58.6 Å². The average molecular weight is 419 g/mol. The van der Waals surface area contributed by atoms with Crippen molar-refractivity contribution in [1.82, 2.24) is 0 Å². The van der Waals surface area contributed by atoms with Gasteiger partial charge in [-0.3, -0.25) is 14.5 Å². The van der Waals surface area contributed by atoms with Crippen LogP contribution >= 0.6 is 11.8 Å². The molecule has 6 heteroatoms. The summed E-state index contributed by atoms with van der Waals surface area (Å²) in [5, 5.41) is 2.76. The first kappa shape index (κ1) is 20.0. The zero-order valence-electron chi connectivity index (χ0n) is 16.6. The molecule has 1 aliphatic heterocycles. The van der Waals surface area contributed by atoms with Crippen LogP contribution in [0.2, 0.25) is 0 Å². The molecule has 1 heterocycles. The number of rotatable bonds is 6. The van der Waals surface area contributed by atoms with Crippen molar-refractivity contribution < 1.29 is 14.3 Å². The van der Waals surface area contributed by atoms with Crippen LogP contribution < -0.4 is 15.0 Å². The van der Waals surface area contributed by atoms with Crippen molar-refractivity contribution in [3.63, 3.8) is 0 Å². The molecule has 1 fully saturated rings. The highest BCUT2D eigenvalue weighted by Gasteiger charge is 2.34. The maximum Gasteiger partial charge on any atom is 0.262 e. The van der Waals surface area contributed by atoms with Crippen LogP contribution in [0.5, 0.6) is 5.75 Å². The number of anilines is 2. The molecule has 2 amide bonds. The van der Waals surface area contributed by atoms with Crippen LogP contribution in [0.25, 0.3) is 0 Å². The average Bonchev–Trinajstić information content (AvgIpc) is 3.15. The van der Waals surface area contributed by atoms with Gasteiger partial charge >= 0.3 is 0 Å². The number of para-hydroxylation sites is 1. The van der Waals surface area contributed by atoms with E-state index in [1.165, 1.54) is 0 Å². The van der Waals surface area contributed by atoms with Crippen LogP contribution in [0.4, 0.5) is 11.4 Å². The molecule has 0 radical (unpaired) electrons. The van der Waals surface area contributed by atoms with Crippen molar-refractivity contribution in [2.24, 2.45) is 0 Å². The van der Waals surface area contributed by atoms with Gasteiger partial charge < -0.3 is 10.1 Å². The van der Waals surface area contributed by atoms with Gasteiger partial charge in [0.15, 0.2) is 6.61 Å². The van der Waals surface area contributed by atoms with E-state index in [-0.39, 0.29) is 23.8 Å². The summed E-state index contributed by atoms with van der Waals surface area (Å²) >= 11 is 1.61. The Morgan fingerprint density at radius 3 is 2.57 bits per heavy atom. The first-order valence-corrected chi connectivity index (χ1v) is 10.7. The molecule has 1 saturated heterocycles. The summed E-state index contributed by atoms with van der Waals surface area (Å²) in [6.45, 7) is 1.96. The minimum Gasteiger partial charge on any atom is -0.484 e. The molecule has 1 N–H and O–H groups in total. The Hall–Kier alpha value is -3.25. The van der Waals surface area contributed by atoms with Gasteiger partial charge in [0.05, 0.1) is 5.75 Å². The van der Waals surface area contributed by atoms with Gasteiger partial charge in [-0.1, -0.05) is 42.5 Å². The molecule has 0 saturated carbocycles. The fraction of sp³-hybridized carbons (Fsp3) is 0.167. The highest BCUT2D eigenvalue weighted by atomic mass is 32.2. The van der Waals surface area contributed by atoms with E-state index < -0.39 is 0 Å². The number of amides is 2. The molecule has 3 aromatic carbocycles. The minimum atomic E-state index is -0.224. The normalized spacial score (nSPS) is 15.8. The van der Waals surface area contributed by atoms with Gasteiger partial charge in [0.2, 0.25) is 5.91 Å². The lowest BCUT2D eigenvalue weighted by Crippen LogP contribution is -2.27. The van der Waals surface area contributed by atoms with E-state index in [9.17, 15) is 9.59 Å². The molecule has 1 aliphatic rings. The third kappa shape index (κ3) is 4.66. The second kappa shape index (κ2) is 9.05. The Labute approximate surface area is 180 Å². The monoisotopic (exact) mass is 418 g/mol. The predicted molar refractivity (Wildman–Crippen MR) is 121 cm³/mol. The molecule has 0 spiro atoms. The molecule has 30 heavy (non-hydrogen) atoms. The molecule has 5 nitrogen and oxygen atoms in total. The van der Waals surface area contributed by atoms with E-state index in [1.54, 1.807) is 11.8 Å². The molecule has 0 bridgehead atoms. The molecule has 0 aliphatic carbocycles. The van der Waals surface area contributed by atoms with Crippen molar-refractivity contribution in [3.05, 3.63) is 90.0 Å². The minimum absolute atomic E-state index is 0.0557. The summed E-state index contributed by atoms with van der Waals surface area (Å²) in [5.74, 6) is 0.986. The zero-order chi connectivity index (χ0) is 20.9. The summed E-state index contributed by atoms with van der Waals surface area (Å²) in [7, 11) is 0. The fourth-order valence-electron chi connectivity index (χ4n) is 3.32. The molecule has 0 aromatic heterocycles. The van der Waals surface area contributed by atoms with E-state index in [1.807, 2.05) is 90.7 Å². The van der Waals surface area contributed by atoms with Crippen molar-refractivity contribution in [1.29, 1.82) is 0 Å². The Bertz CT molecular complexity index is 1040. The number of ether oxygens (including phenoxy) is 1. The maximum absolute atomic E-state index is 12.5. The number of nitrogens with one attached hydrogen (secondary N) is 1. The maximum atomic E-state index is 12.5. The number of carbonyl (C=O) groups excluding carboxylic acids is 2. The number of benzene rings is 3. The quantitative estimate of drug-likeness (QED) is 0.625. The highest BCUT2D eigenvalue weighted by Crippen LogP contribution is 2.42. The van der Waals surface area contributed by atoms with Crippen molar-refractivity contribution in [3.8, 4) is 5.75 Å². The second-order valence-electron chi connectivity index (χ2n) is 7.04. The summed E-state index contributed by atoms with van der Waals surface area (Å²) in [4.78, 5) is 26.5. The lowest BCUT2D eigenvalue weighted by atomic mass is 10.1. The molecular formula is C24H22N2O3S. The Morgan fingerprint density at radius 1 is 1.07 bits per heavy atom. The summed E-state index contributed by atoms with van der Waals surface area (Å²) in [6.07, 6.45) is 0. The van der Waals surface area contributed by atoms with Crippen LogP contribution in [0.3, 0.4) is 0 Å². The third-order valence-corrected chi connectivity index (χ3v) is 5.95. The van der Waals surface area contributed by atoms with Gasteiger partial charge in [-0.2, -0.15) is 0 Å². The van der Waals surface area contributed by atoms with Crippen LogP contribution in [-0.4, -0.2) is 24.2 Å². The largest absolute Gasteiger partial charge is 0.484 e. The van der Waals surface area contributed by atoms with Gasteiger partial charge in [0, 0.05) is 11.4 Å². The molecule has 3 aromatic rings. The number of carbonyl (C=O) groups is 2. The van der Waals surface area contributed by atoms with Gasteiger partial charge in [0.1, 0.15) is 11.1 Å². The highest BCUT2D eigenvalue weighted by molar-refractivity contribution is 8.00. The lowest BCUT2D eigenvalue weighted by Gasteiger charge is -2.25. The van der Waals surface area contributed by atoms with Crippen LogP contribution in [-0.2, 0) is 9.59 Å². The lowest BCUT2D eigenvalue weighted by molar-refractivity contribution is -0.118. The SMILES string of the molecule is Cc1cccc(N2C(=O)CSC2c2ccc(NC(=O)COc3ccccc3)cc2)c1. The van der Waals surface area contributed by atoms with E-state index >= 15 is 0 Å². The van der Waals surface area contributed by atoms with E-state index in [0.717, 1.165) is 16.8 Å². The Kier molecular flexibility index (Phi) is 6.05. The number of thioether (sulfide) groups is 1. The Morgan fingerprint density at radius 2 is 1.83 bits per heavy atom. The van der Waals surface area contributed by atoms with Gasteiger partial charge in [0.25, 0.3) is 5.91 Å². The number of hydrogen-bond donors (Lipinski definition) is 1. The molecule has 4 rings (SSSR count). The van der Waals surface area contributed by atoms with E-state index in [0.29, 0.717) is 17.2 Å². The second-order valence-corrected chi connectivity index (χ2v) is 8.11. The van der Waals surface area contributed by atoms with Gasteiger partial charge in [-0.15, -0.1) is 11.8 Å². The first-order valence-electron chi connectivity index (χ1n) is 9.68. The van der Waals surface area contributed by atoms with Crippen LogP contribution in [0.15, 0.2) is 78.9 Å². The summed E-state index contributed by atoms with van der Waals surface area (Å²) < 4.78 is 5.47. The summed E-state index contributed by atoms with van der Waals surface area (Å²) in [6, 6.07) is 24.8. The molecular weight excluding hydrogens is 396 g/mol. The van der Waals surface area contributed by atoms with E-state index in [4.69, 9.17) is 4.74 Å². The van der Waals surface area contributed by atoms with Gasteiger partial charge in [-0.05, 0) is 54.4 Å².